The predicted molar refractivity (Wildman–Crippen MR) is 150 cm³/mol. The molecule has 6 nitrogen and oxygen atoms in total. The Bertz CT molecular complexity index is 1340. The van der Waals surface area contributed by atoms with E-state index in [9.17, 15) is 4.79 Å². The average molecular weight is 518 g/mol. The second-order valence-electron chi connectivity index (χ2n) is 10.1. The van der Waals surface area contributed by atoms with Crippen molar-refractivity contribution in [3.63, 3.8) is 0 Å². The van der Waals surface area contributed by atoms with E-state index in [2.05, 4.69) is 29.4 Å². The Labute approximate surface area is 222 Å². The third-order valence-corrected chi connectivity index (χ3v) is 8.83. The number of aromatic nitrogens is 2. The van der Waals surface area contributed by atoms with E-state index in [1.165, 1.54) is 37.7 Å². The number of carbonyl (C=O) groups excluding carboxylic acids is 1. The molecule has 1 aliphatic carbocycles. The van der Waals surface area contributed by atoms with Gasteiger partial charge in [-0.3, -0.25) is 10.1 Å². The van der Waals surface area contributed by atoms with Crippen LogP contribution in [0.5, 0.6) is 5.75 Å². The molecule has 194 valence electrons. The van der Waals surface area contributed by atoms with Crippen molar-refractivity contribution in [3.8, 4) is 5.75 Å². The molecule has 0 aliphatic heterocycles. The molecule has 2 aromatic carbocycles. The van der Waals surface area contributed by atoms with Crippen LogP contribution >= 0.6 is 11.3 Å². The zero-order valence-electron chi connectivity index (χ0n) is 21.8. The Hall–Kier alpha value is -3.16. The van der Waals surface area contributed by atoms with Crippen LogP contribution in [0.1, 0.15) is 78.5 Å². The van der Waals surface area contributed by atoms with E-state index >= 15 is 0 Å². The van der Waals surface area contributed by atoms with Crippen molar-refractivity contribution in [2.24, 2.45) is 0 Å². The first kappa shape index (κ1) is 25.5. The molecule has 1 amide bonds. The van der Waals surface area contributed by atoms with Gasteiger partial charge in [-0.2, -0.15) is 0 Å². The van der Waals surface area contributed by atoms with Crippen LogP contribution in [-0.2, 0) is 10.2 Å². The number of methoxy groups -OCH3 is 2. The molecule has 1 unspecified atom stereocenters. The molecule has 7 heteroatoms. The molecular formula is C30H35N3O3S. The van der Waals surface area contributed by atoms with Crippen molar-refractivity contribution in [2.45, 2.75) is 56.8 Å². The number of thiazole rings is 1. The second kappa shape index (κ2) is 11.1. The van der Waals surface area contributed by atoms with Crippen LogP contribution in [0.3, 0.4) is 0 Å². The summed E-state index contributed by atoms with van der Waals surface area (Å²) in [5, 5.41) is 3.63. The summed E-state index contributed by atoms with van der Waals surface area (Å²) in [5.41, 5.74) is 4.78. The molecule has 1 aliphatic rings. The Morgan fingerprint density at radius 3 is 2.57 bits per heavy atom. The molecule has 1 saturated carbocycles. The number of ether oxygens (including phenoxy) is 2. The van der Waals surface area contributed by atoms with Gasteiger partial charge in [-0.05, 0) is 73.6 Å². The van der Waals surface area contributed by atoms with E-state index in [1.807, 2.05) is 42.6 Å². The molecule has 0 saturated heterocycles. The molecule has 2 heterocycles. The van der Waals surface area contributed by atoms with Crippen molar-refractivity contribution in [1.29, 1.82) is 0 Å². The standard InChI is InChI=1S/C30H35N3O3S/c1-30(17-19-35-2,25-10-7-18-31-25)22-13-11-21(12-14-22)28(34)33-29-32-26-24(36-3)16-15-23(27(26)37-29)20-8-5-4-6-9-20/h7,10-16,18,20,31H,4-6,8-9,17,19H2,1-3H3,(H,32,33,34). The first-order chi connectivity index (χ1) is 18.0. The first-order valence-electron chi connectivity index (χ1n) is 13.1. The van der Waals surface area contributed by atoms with E-state index in [4.69, 9.17) is 14.5 Å². The van der Waals surface area contributed by atoms with E-state index in [-0.39, 0.29) is 11.3 Å². The fourth-order valence-electron chi connectivity index (χ4n) is 5.53. The van der Waals surface area contributed by atoms with Gasteiger partial charge < -0.3 is 14.5 Å². The van der Waals surface area contributed by atoms with Crippen molar-refractivity contribution < 1.29 is 14.3 Å². The van der Waals surface area contributed by atoms with Gasteiger partial charge in [0.1, 0.15) is 11.3 Å². The highest BCUT2D eigenvalue weighted by atomic mass is 32.1. The molecule has 37 heavy (non-hydrogen) atoms. The van der Waals surface area contributed by atoms with Crippen molar-refractivity contribution >= 4 is 32.6 Å². The molecule has 0 spiro atoms. The molecular weight excluding hydrogens is 482 g/mol. The number of H-pyrrole nitrogens is 1. The summed E-state index contributed by atoms with van der Waals surface area (Å²) in [5.74, 6) is 1.13. The summed E-state index contributed by atoms with van der Waals surface area (Å²) in [7, 11) is 3.39. The minimum absolute atomic E-state index is 0.165. The SMILES string of the molecule is COCCC(C)(c1ccc(C(=O)Nc2nc3c(OC)ccc(C4CCCCC4)c3s2)cc1)c1ccc[nH]1. The largest absolute Gasteiger partial charge is 0.494 e. The lowest BCUT2D eigenvalue weighted by molar-refractivity contribution is 0.102. The quantitative estimate of drug-likeness (QED) is 0.245. The van der Waals surface area contributed by atoms with E-state index in [1.54, 1.807) is 25.6 Å². The summed E-state index contributed by atoms with van der Waals surface area (Å²) in [6.07, 6.45) is 9.03. The summed E-state index contributed by atoms with van der Waals surface area (Å²) < 4.78 is 12.1. The number of anilines is 1. The average Bonchev–Trinajstić information content (AvgIpc) is 3.63. The van der Waals surface area contributed by atoms with Gasteiger partial charge in [-0.25, -0.2) is 4.98 Å². The van der Waals surface area contributed by atoms with E-state index in [0.29, 0.717) is 23.2 Å². The number of amides is 1. The number of benzene rings is 2. The number of hydrogen-bond donors (Lipinski definition) is 2. The monoisotopic (exact) mass is 517 g/mol. The van der Waals surface area contributed by atoms with Gasteiger partial charge in [-0.1, -0.05) is 48.8 Å². The normalized spacial score (nSPS) is 16.0. The zero-order chi connectivity index (χ0) is 25.8. The zero-order valence-corrected chi connectivity index (χ0v) is 22.6. The predicted octanol–water partition coefficient (Wildman–Crippen LogP) is 7.28. The molecule has 5 rings (SSSR count). The Kier molecular flexibility index (Phi) is 7.63. The number of fused-ring (bicyclic) bond motifs is 1. The third-order valence-electron chi connectivity index (χ3n) is 7.81. The maximum absolute atomic E-state index is 13.2. The van der Waals surface area contributed by atoms with Crippen molar-refractivity contribution in [1.82, 2.24) is 9.97 Å². The number of nitrogens with zero attached hydrogens (tertiary/aromatic N) is 1. The Balaban J connectivity index is 1.38. The lowest BCUT2D eigenvalue weighted by atomic mass is 9.76. The van der Waals surface area contributed by atoms with Gasteiger partial charge >= 0.3 is 0 Å². The smallest absolute Gasteiger partial charge is 0.257 e. The fraction of sp³-hybridized carbons (Fsp3) is 0.400. The Morgan fingerprint density at radius 1 is 1.11 bits per heavy atom. The number of rotatable bonds is 9. The van der Waals surface area contributed by atoms with Crippen LogP contribution in [0.2, 0.25) is 0 Å². The van der Waals surface area contributed by atoms with Crippen LogP contribution in [0.4, 0.5) is 5.13 Å². The number of carbonyl (C=O) groups is 1. The minimum Gasteiger partial charge on any atom is -0.494 e. The topological polar surface area (TPSA) is 76.2 Å². The summed E-state index contributed by atoms with van der Waals surface area (Å²) in [4.78, 5) is 21.3. The lowest BCUT2D eigenvalue weighted by Crippen LogP contribution is -2.26. The number of hydrogen-bond acceptors (Lipinski definition) is 5. The first-order valence-corrected chi connectivity index (χ1v) is 13.9. The second-order valence-corrected chi connectivity index (χ2v) is 11.1. The van der Waals surface area contributed by atoms with Crippen LogP contribution in [0.25, 0.3) is 10.2 Å². The molecule has 2 aromatic heterocycles. The highest BCUT2D eigenvalue weighted by molar-refractivity contribution is 7.22. The van der Waals surface area contributed by atoms with Crippen molar-refractivity contribution in [3.05, 3.63) is 77.1 Å². The Morgan fingerprint density at radius 2 is 1.89 bits per heavy atom. The van der Waals surface area contributed by atoms with Gasteiger partial charge in [0.25, 0.3) is 5.91 Å². The maximum atomic E-state index is 13.2. The summed E-state index contributed by atoms with van der Waals surface area (Å²) in [6, 6.07) is 16.2. The maximum Gasteiger partial charge on any atom is 0.257 e. The molecule has 1 atom stereocenters. The fourth-order valence-corrected chi connectivity index (χ4v) is 6.60. The minimum atomic E-state index is -0.242. The van der Waals surface area contributed by atoms with Gasteiger partial charge in [0.05, 0.1) is 11.8 Å². The van der Waals surface area contributed by atoms with Crippen LogP contribution in [-0.4, -0.2) is 36.7 Å². The molecule has 0 radical (unpaired) electrons. The van der Waals surface area contributed by atoms with Gasteiger partial charge in [0.15, 0.2) is 5.13 Å². The molecule has 4 aromatic rings. The van der Waals surface area contributed by atoms with Crippen LogP contribution < -0.4 is 10.1 Å². The molecule has 0 bridgehead atoms. The van der Waals surface area contributed by atoms with Gasteiger partial charge in [0.2, 0.25) is 0 Å². The van der Waals surface area contributed by atoms with E-state index < -0.39 is 0 Å². The lowest BCUT2D eigenvalue weighted by Gasteiger charge is -2.29. The number of nitrogens with one attached hydrogen (secondary N) is 2. The third kappa shape index (κ3) is 5.15. The highest BCUT2D eigenvalue weighted by Crippen LogP contribution is 2.42. The van der Waals surface area contributed by atoms with Gasteiger partial charge in [-0.15, -0.1) is 0 Å². The van der Waals surface area contributed by atoms with Crippen LogP contribution in [0, 0.1) is 0 Å². The summed E-state index contributed by atoms with van der Waals surface area (Å²) >= 11 is 1.54. The summed E-state index contributed by atoms with van der Waals surface area (Å²) in [6.45, 7) is 2.84. The molecule has 1 fully saturated rings. The number of aromatic amines is 1. The highest BCUT2D eigenvalue weighted by Gasteiger charge is 2.30. The van der Waals surface area contributed by atoms with E-state index in [0.717, 1.165) is 33.6 Å². The van der Waals surface area contributed by atoms with Crippen molar-refractivity contribution in [2.75, 3.05) is 26.1 Å². The van der Waals surface area contributed by atoms with Gasteiger partial charge in [0, 0.05) is 36.6 Å². The van der Waals surface area contributed by atoms with Crippen LogP contribution in [0.15, 0.2) is 54.7 Å². The molecule has 2 N–H and O–H groups in total.